The second-order valence-electron chi connectivity index (χ2n) is 4.13. The minimum Gasteiger partial charge on any atom is -0.323 e. The van der Waals surface area contributed by atoms with E-state index in [-0.39, 0.29) is 5.02 Å². The molecule has 0 saturated carbocycles. The predicted octanol–water partition coefficient (Wildman–Crippen LogP) is 4.14. The zero-order valence-corrected chi connectivity index (χ0v) is 11.1. The molecule has 0 saturated heterocycles. The van der Waals surface area contributed by atoms with Crippen LogP contribution in [0.15, 0.2) is 24.4 Å². The molecule has 18 heavy (non-hydrogen) atoms. The Balaban J connectivity index is 2.30. The molecule has 0 aliphatic rings. The highest BCUT2D eigenvalue weighted by Gasteiger charge is 2.10. The smallest absolute Gasteiger partial charge is 0.207 e. The Labute approximate surface area is 111 Å². The molecule has 1 heterocycles. The van der Waals surface area contributed by atoms with Crippen LogP contribution in [-0.4, -0.2) is 9.55 Å². The molecule has 5 heteroatoms. The third kappa shape index (κ3) is 2.64. The van der Waals surface area contributed by atoms with Crippen molar-refractivity contribution in [2.45, 2.75) is 26.8 Å². The summed E-state index contributed by atoms with van der Waals surface area (Å²) in [5.41, 5.74) is 1.24. The van der Waals surface area contributed by atoms with Gasteiger partial charge in [0, 0.05) is 12.7 Å². The van der Waals surface area contributed by atoms with Crippen molar-refractivity contribution in [1.29, 1.82) is 0 Å². The zero-order chi connectivity index (χ0) is 13.1. The highest BCUT2D eigenvalue weighted by atomic mass is 35.5. The van der Waals surface area contributed by atoms with Gasteiger partial charge in [0.25, 0.3) is 0 Å². The fraction of sp³-hybridized carbons (Fsp3) is 0.308. The first-order valence-electron chi connectivity index (χ1n) is 5.86. The van der Waals surface area contributed by atoms with Gasteiger partial charge in [-0.2, -0.15) is 0 Å². The standard InChI is InChI=1S/C13H15ClFN3/c1-3-7-18-8-9(2)16-13(18)17-11-6-4-5-10(14)12(11)15/h4-6,8H,3,7H2,1-2H3,(H,16,17). The summed E-state index contributed by atoms with van der Waals surface area (Å²) in [6.07, 6.45) is 2.93. The van der Waals surface area contributed by atoms with Crippen molar-refractivity contribution < 1.29 is 4.39 Å². The monoisotopic (exact) mass is 267 g/mol. The molecule has 96 valence electrons. The first kappa shape index (κ1) is 12.9. The number of aryl methyl sites for hydroxylation is 2. The number of halogens is 2. The average molecular weight is 268 g/mol. The second kappa shape index (κ2) is 5.40. The molecule has 1 aromatic heterocycles. The number of benzene rings is 1. The Morgan fingerprint density at radius 2 is 2.22 bits per heavy atom. The third-order valence-electron chi connectivity index (χ3n) is 2.56. The SMILES string of the molecule is CCCn1cc(C)nc1Nc1cccc(Cl)c1F. The van der Waals surface area contributed by atoms with Crippen molar-refractivity contribution in [2.75, 3.05) is 5.32 Å². The summed E-state index contributed by atoms with van der Waals surface area (Å²) in [5.74, 6) is 0.179. The highest BCUT2D eigenvalue weighted by Crippen LogP contribution is 2.25. The lowest BCUT2D eigenvalue weighted by atomic mass is 10.3. The molecule has 1 N–H and O–H groups in total. The molecule has 3 nitrogen and oxygen atoms in total. The fourth-order valence-electron chi connectivity index (χ4n) is 1.78. The molecule has 2 aromatic rings. The van der Waals surface area contributed by atoms with E-state index < -0.39 is 5.82 Å². The molecule has 0 spiro atoms. The van der Waals surface area contributed by atoms with Crippen molar-refractivity contribution in [3.05, 3.63) is 40.9 Å². The average Bonchev–Trinajstić information content (AvgIpc) is 2.66. The van der Waals surface area contributed by atoms with Crippen LogP contribution in [0.1, 0.15) is 19.0 Å². The maximum atomic E-state index is 13.8. The minimum absolute atomic E-state index is 0.102. The Hall–Kier alpha value is -1.55. The lowest BCUT2D eigenvalue weighted by molar-refractivity contribution is 0.630. The van der Waals surface area contributed by atoms with Crippen LogP contribution in [0, 0.1) is 12.7 Å². The molecule has 0 bridgehead atoms. The van der Waals surface area contributed by atoms with Crippen molar-refractivity contribution in [1.82, 2.24) is 9.55 Å². The number of imidazole rings is 1. The van der Waals surface area contributed by atoms with E-state index in [0.29, 0.717) is 11.6 Å². The van der Waals surface area contributed by atoms with Crippen LogP contribution >= 0.6 is 11.6 Å². The van der Waals surface area contributed by atoms with E-state index in [1.165, 1.54) is 6.07 Å². The van der Waals surface area contributed by atoms with E-state index in [1.807, 2.05) is 17.7 Å². The first-order valence-corrected chi connectivity index (χ1v) is 6.24. The summed E-state index contributed by atoms with van der Waals surface area (Å²) in [4.78, 5) is 4.34. The topological polar surface area (TPSA) is 29.9 Å². The second-order valence-corrected chi connectivity index (χ2v) is 4.53. The quantitative estimate of drug-likeness (QED) is 0.902. The van der Waals surface area contributed by atoms with E-state index >= 15 is 0 Å². The van der Waals surface area contributed by atoms with Gasteiger partial charge in [-0.3, -0.25) is 0 Å². The Morgan fingerprint density at radius 3 is 2.94 bits per heavy atom. The maximum absolute atomic E-state index is 13.8. The molecule has 0 aliphatic heterocycles. The van der Waals surface area contributed by atoms with E-state index in [9.17, 15) is 4.39 Å². The number of nitrogens with zero attached hydrogens (tertiary/aromatic N) is 2. The van der Waals surface area contributed by atoms with Crippen LogP contribution in [0.5, 0.6) is 0 Å². The molecule has 2 rings (SSSR count). The fourth-order valence-corrected chi connectivity index (χ4v) is 1.95. The maximum Gasteiger partial charge on any atom is 0.207 e. The lowest BCUT2D eigenvalue weighted by Gasteiger charge is -2.09. The molecule has 0 unspecified atom stereocenters. The van der Waals surface area contributed by atoms with Gasteiger partial charge in [-0.1, -0.05) is 24.6 Å². The molecule has 1 aromatic carbocycles. The number of nitrogens with one attached hydrogen (secondary N) is 1. The van der Waals surface area contributed by atoms with Gasteiger partial charge in [-0.25, -0.2) is 9.37 Å². The highest BCUT2D eigenvalue weighted by molar-refractivity contribution is 6.31. The minimum atomic E-state index is -0.456. The van der Waals surface area contributed by atoms with Crippen molar-refractivity contribution >= 4 is 23.2 Å². The lowest BCUT2D eigenvalue weighted by Crippen LogP contribution is -2.04. The van der Waals surface area contributed by atoms with E-state index in [4.69, 9.17) is 11.6 Å². The molecule has 0 amide bonds. The molecular formula is C13H15ClFN3. The van der Waals surface area contributed by atoms with Crippen LogP contribution < -0.4 is 5.32 Å². The Bertz CT molecular complexity index is 551. The molecule has 0 radical (unpaired) electrons. The summed E-state index contributed by atoms with van der Waals surface area (Å²) < 4.78 is 15.7. The summed E-state index contributed by atoms with van der Waals surface area (Å²) in [6.45, 7) is 4.83. The van der Waals surface area contributed by atoms with Gasteiger partial charge < -0.3 is 9.88 Å². The van der Waals surface area contributed by atoms with Crippen LogP contribution in [-0.2, 0) is 6.54 Å². The Morgan fingerprint density at radius 1 is 1.44 bits per heavy atom. The van der Waals surface area contributed by atoms with Gasteiger partial charge in [0.05, 0.1) is 16.4 Å². The summed E-state index contributed by atoms with van der Waals surface area (Å²) in [7, 11) is 0. The summed E-state index contributed by atoms with van der Waals surface area (Å²) in [5, 5.41) is 3.08. The van der Waals surface area contributed by atoms with Crippen LogP contribution in [0.4, 0.5) is 16.0 Å². The summed E-state index contributed by atoms with van der Waals surface area (Å²) >= 11 is 5.74. The number of hydrogen-bond acceptors (Lipinski definition) is 2. The summed E-state index contributed by atoms with van der Waals surface area (Å²) in [6, 6.07) is 4.86. The van der Waals surface area contributed by atoms with Crippen molar-refractivity contribution in [3.63, 3.8) is 0 Å². The van der Waals surface area contributed by atoms with Crippen molar-refractivity contribution in [2.24, 2.45) is 0 Å². The molecular weight excluding hydrogens is 253 g/mol. The normalized spacial score (nSPS) is 10.7. The van der Waals surface area contributed by atoms with E-state index in [0.717, 1.165) is 18.7 Å². The number of anilines is 2. The van der Waals surface area contributed by atoms with Crippen molar-refractivity contribution in [3.8, 4) is 0 Å². The molecule has 0 aliphatic carbocycles. The number of rotatable bonds is 4. The van der Waals surface area contributed by atoms with E-state index in [2.05, 4.69) is 17.2 Å². The number of hydrogen-bond donors (Lipinski definition) is 1. The molecule has 0 atom stereocenters. The first-order chi connectivity index (χ1) is 8.61. The van der Waals surface area contributed by atoms with Gasteiger partial charge in [0.15, 0.2) is 5.82 Å². The third-order valence-corrected chi connectivity index (χ3v) is 2.85. The van der Waals surface area contributed by atoms with Crippen LogP contribution in [0.3, 0.4) is 0 Å². The van der Waals surface area contributed by atoms with Gasteiger partial charge in [-0.15, -0.1) is 0 Å². The number of aromatic nitrogens is 2. The van der Waals surface area contributed by atoms with E-state index in [1.54, 1.807) is 12.1 Å². The van der Waals surface area contributed by atoms with Gasteiger partial charge in [0.1, 0.15) is 0 Å². The zero-order valence-electron chi connectivity index (χ0n) is 10.4. The largest absolute Gasteiger partial charge is 0.323 e. The van der Waals surface area contributed by atoms with Gasteiger partial charge in [-0.05, 0) is 25.5 Å². The predicted molar refractivity (Wildman–Crippen MR) is 71.9 cm³/mol. The Kier molecular flexibility index (Phi) is 3.87. The van der Waals surface area contributed by atoms with Gasteiger partial charge >= 0.3 is 0 Å². The van der Waals surface area contributed by atoms with Crippen LogP contribution in [0.25, 0.3) is 0 Å². The van der Waals surface area contributed by atoms with Gasteiger partial charge in [0.2, 0.25) is 5.95 Å². The van der Waals surface area contributed by atoms with Crippen LogP contribution in [0.2, 0.25) is 5.02 Å². The molecule has 0 fully saturated rings.